The van der Waals surface area contributed by atoms with E-state index in [0.29, 0.717) is 26.2 Å². The van der Waals surface area contributed by atoms with Crippen molar-refractivity contribution < 1.29 is 82.5 Å². The Morgan fingerprint density at radius 1 is 0.443 bits per heavy atom. The molecule has 12 nitrogen and oxygen atoms in total. The smallest absolute Gasteiger partial charge is 0.102 e. The van der Waals surface area contributed by atoms with Gasteiger partial charge in [0.2, 0.25) is 0 Å². The standard InChI is InChI=1S/2C22H31NO3.2C2H3N.2O.U/c2*1-15-9-17(3)21(25)19(11-15)13-23(7-5-6-8-24)14-20-12-16(2)10-18(4)22(20)26;2*1-2-3;;;/h2*9-12,24-26H,5-8,13-14H2,1-4H3;2*1H3;;;/q;;;;2*-2;/p-2. The zero-order valence-corrected chi connectivity index (χ0v) is 42.0. The van der Waals surface area contributed by atoms with Gasteiger partial charge in [-0.05, 0) is 103 Å². The molecule has 0 aromatic heterocycles. The first-order chi connectivity index (χ1) is 27.5. The largest absolute Gasteiger partial charge is 2.00 e. The van der Waals surface area contributed by atoms with Gasteiger partial charge in [-0.1, -0.05) is 116 Å². The normalized spacial score (nSPS) is 9.90. The molecule has 4 aromatic rings. The maximum absolute atomic E-state index is 12.5. The average molecular weight is 1070 g/mol. The monoisotopic (exact) mass is 1060 g/mol. The fourth-order valence-electron chi connectivity index (χ4n) is 7.22. The molecule has 0 unspecified atom stereocenters. The number of quaternary nitrogens is 2. The average Bonchev–Trinajstić information content (AvgIpc) is 3.14. The molecule has 0 amide bonds. The number of aryl methyl sites for hydroxylation is 8. The first kappa shape index (κ1) is 61.2. The van der Waals surface area contributed by atoms with Gasteiger partial charge in [-0.2, -0.15) is 10.5 Å². The first-order valence-corrected chi connectivity index (χ1v) is 20.1. The van der Waals surface area contributed by atoms with Gasteiger partial charge in [0.25, 0.3) is 0 Å². The molecule has 0 spiro atoms. The van der Waals surface area contributed by atoms with Crippen molar-refractivity contribution in [3.05, 3.63) is 115 Å². The summed E-state index contributed by atoms with van der Waals surface area (Å²) in [6.07, 6.45) is 3.20. The Morgan fingerprint density at radius 2 is 0.639 bits per heavy atom. The van der Waals surface area contributed by atoms with Gasteiger partial charge in [-0.15, -0.1) is 0 Å². The number of nitriles is 2. The second-order valence-corrected chi connectivity index (χ2v) is 15.3. The molecule has 0 radical (unpaired) electrons. The van der Waals surface area contributed by atoms with Crippen LogP contribution in [0.2, 0.25) is 0 Å². The molecule has 61 heavy (non-hydrogen) atoms. The van der Waals surface area contributed by atoms with E-state index >= 15 is 0 Å². The molecule has 0 bridgehead atoms. The van der Waals surface area contributed by atoms with Gasteiger partial charge in [0.15, 0.2) is 0 Å². The molecule has 4 aromatic carbocycles. The predicted octanol–water partition coefficient (Wildman–Crippen LogP) is 3.67. The van der Waals surface area contributed by atoms with Crippen LogP contribution in [0.5, 0.6) is 23.0 Å². The fraction of sp³-hybridized carbons (Fsp3) is 0.458. The van der Waals surface area contributed by atoms with Crippen LogP contribution in [0, 0.1) is 109 Å². The molecular formula is C48H66N4O8U-6. The Bertz CT molecular complexity index is 1720. The van der Waals surface area contributed by atoms with Crippen molar-refractivity contribution in [1.82, 2.24) is 0 Å². The Balaban J connectivity index is -0.000000935. The van der Waals surface area contributed by atoms with Crippen LogP contribution in [-0.4, -0.2) is 36.5 Å². The van der Waals surface area contributed by atoms with Crippen LogP contribution in [0.4, 0.5) is 0 Å². The van der Waals surface area contributed by atoms with Crippen molar-refractivity contribution in [3.63, 3.8) is 0 Å². The minimum absolute atomic E-state index is 0. The van der Waals surface area contributed by atoms with E-state index in [4.69, 9.17) is 20.7 Å². The summed E-state index contributed by atoms with van der Waals surface area (Å²) in [7, 11) is 0. The van der Waals surface area contributed by atoms with E-state index in [2.05, 4.69) is 0 Å². The van der Waals surface area contributed by atoms with Crippen molar-refractivity contribution in [2.75, 3.05) is 26.3 Å². The second kappa shape index (κ2) is 32.6. The topological polar surface area (TPSA) is 246 Å². The minimum Gasteiger partial charge on any atom is -2.00 e. The van der Waals surface area contributed by atoms with Gasteiger partial charge in [-0.3, -0.25) is 0 Å². The van der Waals surface area contributed by atoms with Gasteiger partial charge in [0.05, 0.1) is 25.2 Å². The van der Waals surface area contributed by atoms with E-state index in [9.17, 15) is 20.4 Å². The van der Waals surface area contributed by atoms with Gasteiger partial charge < -0.3 is 51.4 Å². The maximum atomic E-state index is 12.5. The SMILES string of the molecule is CC#N.CC#N.Cc1cc(C)c([O-])c(C[NH+](CCCCO)Cc2cc(C)cc(C)c2[O-])c1.Cc1cc(C)c([O-])c(C[NH+](CCCCO)Cc2cc(C)cc(C)c2[O-])c1.[O-2].[O-2].[U]. The number of benzene rings is 4. The van der Waals surface area contributed by atoms with Crippen LogP contribution in [-0.2, 0) is 37.1 Å². The molecule has 0 fully saturated rings. The molecule has 0 atom stereocenters. The zero-order chi connectivity index (χ0) is 43.9. The molecule has 0 aliphatic heterocycles. The van der Waals surface area contributed by atoms with Crippen LogP contribution in [0.15, 0.2) is 48.5 Å². The minimum atomic E-state index is 0. The maximum Gasteiger partial charge on any atom is 0.102 e. The number of nitrogens with zero attached hydrogens (tertiary/aromatic N) is 2. The number of nitrogens with one attached hydrogen (secondary N) is 2. The van der Waals surface area contributed by atoms with Gasteiger partial charge in [0, 0.05) is 58.2 Å². The summed E-state index contributed by atoms with van der Waals surface area (Å²) in [6, 6.07) is 19.0. The summed E-state index contributed by atoms with van der Waals surface area (Å²) in [5, 5.41) is 82.8. The number of unbranched alkanes of at least 4 members (excludes halogenated alkanes) is 2. The molecule has 0 saturated carbocycles. The third-order valence-electron chi connectivity index (χ3n) is 9.62. The van der Waals surface area contributed by atoms with Crippen LogP contribution < -0.4 is 30.2 Å². The van der Waals surface area contributed by atoms with Crippen molar-refractivity contribution in [1.29, 1.82) is 10.5 Å². The Hall–Kier alpha value is -4.13. The third-order valence-corrected chi connectivity index (χ3v) is 9.62. The van der Waals surface area contributed by atoms with E-state index in [1.165, 1.54) is 23.6 Å². The number of hydrogen-bond acceptors (Lipinski definition) is 8. The summed E-state index contributed by atoms with van der Waals surface area (Å²) in [5.74, 6) is 0.382. The zero-order valence-electron chi connectivity index (χ0n) is 37.8. The Morgan fingerprint density at radius 3 is 0.820 bits per heavy atom. The van der Waals surface area contributed by atoms with Crippen molar-refractivity contribution in [2.24, 2.45) is 0 Å². The van der Waals surface area contributed by atoms with Crippen LogP contribution >= 0.6 is 0 Å². The summed E-state index contributed by atoms with van der Waals surface area (Å²) < 4.78 is 0. The summed E-state index contributed by atoms with van der Waals surface area (Å²) in [5.41, 5.74) is 10.6. The quantitative estimate of drug-likeness (QED) is 0.120. The Kier molecular flexibility index (Phi) is 32.7. The van der Waals surface area contributed by atoms with Crippen LogP contribution in [0.1, 0.15) is 106 Å². The van der Waals surface area contributed by atoms with Crippen LogP contribution in [0.25, 0.3) is 0 Å². The number of aliphatic hydroxyl groups is 2. The molecule has 13 heteroatoms. The molecule has 0 aliphatic rings. The van der Waals surface area contributed by atoms with E-state index in [1.807, 2.05) is 104 Å². The third kappa shape index (κ3) is 22.0. The van der Waals surface area contributed by atoms with E-state index in [1.54, 1.807) is 12.1 Å². The van der Waals surface area contributed by atoms with Gasteiger partial charge in [0.1, 0.15) is 26.2 Å². The molecule has 0 heterocycles. The second-order valence-electron chi connectivity index (χ2n) is 15.3. The number of aliphatic hydroxyl groups excluding tert-OH is 2. The predicted molar refractivity (Wildman–Crippen MR) is 225 cm³/mol. The fourth-order valence-corrected chi connectivity index (χ4v) is 7.22. The Labute approximate surface area is 388 Å². The van der Waals surface area contributed by atoms with Crippen molar-refractivity contribution in [3.8, 4) is 35.1 Å². The molecule has 0 saturated heterocycles. The molecule has 4 rings (SSSR count). The molecule has 336 valence electrons. The molecule has 0 aliphatic carbocycles. The van der Waals surface area contributed by atoms with Crippen molar-refractivity contribution >= 4 is 0 Å². The van der Waals surface area contributed by atoms with E-state index in [-0.39, 0.29) is 78.3 Å². The number of rotatable bonds is 16. The molecule has 4 N–H and O–H groups in total. The summed E-state index contributed by atoms with van der Waals surface area (Å²) >= 11 is 0. The first-order valence-electron chi connectivity index (χ1n) is 20.1. The van der Waals surface area contributed by atoms with Gasteiger partial charge in [-0.25, -0.2) is 0 Å². The number of hydrogen-bond donors (Lipinski definition) is 4. The summed E-state index contributed by atoms with van der Waals surface area (Å²) in [6.45, 7) is 22.6. The van der Waals surface area contributed by atoms with Gasteiger partial charge >= 0.3 is 0 Å². The van der Waals surface area contributed by atoms with E-state index in [0.717, 1.165) is 106 Å². The summed E-state index contributed by atoms with van der Waals surface area (Å²) in [4.78, 5) is 2.37. The van der Waals surface area contributed by atoms with Crippen LogP contribution in [0.3, 0.4) is 0 Å². The molecular weight excluding hydrogens is 999 g/mol. The van der Waals surface area contributed by atoms with Crippen molar-refractivity contribution in [2.45, 2.75) is 121 Å². The van der Waals surface area contributed by atoms with E-state index < -0.39 is 0 Å².